The molecule has 2 heterocycles. The van der Waals surface area contributed by atoms with Crippen LogP contribution < -0.4 is 10.1 Å². The number of hydrogen-bond acceptors (Lipinski definition) is 4. The molecule has 0 bridgehead atoms. The molecule has 170 valence electrons. The molecule has 0 unspecified atom stereocenters. The second-order valence-corrected chi connectivity index (χ2v) is 8.35. The molecular formula is C26H22ClN5O2. The van der Waals surface area contributed by atoms with Crippen LogP contribution in [0.4, 0.5) is 5.69 Å². The second kappa shape index (κ2) is 9.41. The Hall–Kier alpha value is -4.10. The first-order chi connectivity index (χ1) is 16.5. The van der Waals surface area contributed by atoms with E-state index in [2.05, 4.69) is 39.8 Å². The van der Waals surface area contributed by atoms with Crippen molar-refractivity contribution in [2.75, 3.05) is 5.32 Å². The quantitative estimate of drug-likeness (QED) is 0.338. The minimum Gasteiger partial charge on any atom is -0.471 e. The van der Waals surface area contributed by atoms with Crippen LogP contribution in [0.5, 0.6) is 5.75 Å². The molecule has 0 fully saturated rings. The molecule has 0 saturated carbocycles. The van der Waals surface area contributed by atoms with Crippen molar-refractivity contribution in [2.45, 2.75) is 20.2 Å². The molecule has 0 radical (unpaired) electrons. The number of rotatable bonds is 7. The Balaban J connectivity index is 1.21. The van der Waals surface area contributed by atoms with Crippen LogP contribution in [0.3, 0.4) is 0 Å². The standard InChI is InChI=1S/C26H22ClN5O2/c1-18-13-22(9-10-24(18)27)34-17-31-12-11-25(30-31)26(33)29-21-14-28-32(16-21)15-20-7-4-6-19-5-2-3-8-23(19)20/h2-14,16H,15,17H2,1H3,(H,29,33). The van der Waals surface area contributed by atoms with E-state index in [9.17, 15) is 4.79 Å². The van der Waals surface area contributed by atoms with E-state index in [1.807, 2.05) is 37.4 Å². The maximum Gasteiger partial charge on any atom is 0.276 e. The van der Waals surface area contributed by atoms with Crippen molar-refractivity contribution in [1.82, 2.24) is 19.6 Å². The number of aromatic nitrogens is 4. The highest BCUT2D eigenvalue weighted by atomic mass is 35.5. The van der Waals surface area contributed by atoms with Crippen LogP contribution in [-0.4, -0.2) is 25.5 Å². The molecule has 1 amide bonds. The molecule has 5 rings (SSSR count). The molecule has 1 N–H and O–H groups in total. The van der Waals surface area contributed by atoms with Crippen molar-refractivity contribution in [1.29, 1.82) is 0 Å². The van der Waals surface area contributed by atoms with Gasteiger partial charge in [-0.1, -0.05) is 54.1 Å². The molecule has 0 atom stereocenters. The third-order valence-electron chi connectivity index (χ3n) is 5.47. The number of aryl methyl sites for hydroxylation is 1. The molecule has 0 spiro atoms. The SMILES string of the molecule is Cc1cc(OCn2ccc(C(=O)Nc3cnn(Cc4cccc5ccccc45)c3)n2)ccc1Cl. The fourth-order valence-electron chi connectivity index (χ4n) is 3.72. The summed E-state index contributed by atoms with van der Waals surface area (Å²) in [5, 5.41) is 14.6. The number of anilines is 1. The monoisotopic (exact) mass is 471 g/mol. The maximum atomic E-state index is 12.6. The molecule has 34 heavy (non-hydrogen) atoms. The van der Waals surface area contributed by atoms with Gasteiger partial charge in [-0.2, -0.15) is 10.2 Å². The van der Waals surface area contributed by atoms with Gasteiger partial charge in [-0.15, -0.1) is 0 Å². The van der Waals surface area contributed by atoms with Gasteiger partial charge in [-0.3, -0.25) is 9.48 Å². The van der Waals surface area contributed by atoms with Gasteiger partial charge in [-0.25, -0.2) is 4.68 Å². The molecule has 5 aromatic rings. The maximum absolute atomic E-state index is 12.6. The van der Waals surface area contributed by atoms with Crippen molar-refractivity contribution in [3.63, 3.8) is 0 Å². The van der Waals surface area contributed by atoms with Gasteiger partial charge in [0.25, 0.3) is 5.91 Å². The molecule has 8 heteroatoms. The van der Waals surface area contributed by atoms with Crippen molar-refractivity contribution in [3.05, 3.63) is 107 Å². The first-order valence-corrected chi connectivity index (χ1v) is 11.2. The zero-order valence-electron chi connectivity index (χ0n) is 18.5. The summed E-state index contributed by atoms with van der Waals surface area (Å²) in [6.45, 7) is 2.69. The normalized spacial score (nSPS) is 11.0. The number of benzene rings is 3. The minimum absolute atomic E-state index is 0.178. The van der Waals surface area contributed by atoms with E-state index in [-0.39, 0.29) is 18.3 Å². The smallest absolute Gasteiger partial charge is 0.276 e. The van der Waals surface area contributed by atoms with Crippen molar-refractivity contribution < 1.29 is 9.53 Å². The van der Waals surface area contributed by atoms with E-state index in [4.69, 9.17) is 16.3 Å². The van der Waals surface area contributed by atoms with Gasteiger partial charge in [-0.05, 0) is 53.1 Å². The van der Waals surface area contributed by atoms with E-state index in [1.165, 1.54) is 10.8 Å². The summed E-state index contributed by atoms with van der Waals surface area (Å²) in [6.07, 6.45) is 5.14. The molecule has 0 aliphatic carbocycles. The van der Waals surface area contributed by atoms with E-state index in [0.717, 1.165) is 11.1 Å². The number of fused-ring (bicyclic) bond motifs is 1. The summed E-state index contributed by atoms with van der Waals surface area (Å²) >= 11 is 6.04. The number of carbonyl (C=O) groups is 1. The lowest BCUT2D eigenvalue weighted by molar-refractivity contribution is 0.102. The number of nitrogens with zero attached hydrogens (tertiary/aromatic N) is 4. The summed E-state index contributed by atoms with van der Waals surface area (Å²) in [5.41, 5.74) is 2.99. The lowest BCUT2D eigenvalue weighted by Gasteiger charge is -2.07. The predicted octanol–water partition coefficient (Wildman–Crippen LogP) is 5.53. The molecule has 7 nitrogen and oxygen atoms in total. The summed E-state index contributed by atoms with van der Waals surface area (Å²) < 4.78 is 9.09. The average molecular weight is 472 g/mol. The highest BCUT2D eigenvalue weighted by Gasteiger charge is 2.12. The zero-order chi connectivity index (χ0) is 23.5. The van der Waals surface area contributed by atoms with Crippen molar-refractivity contribution in [2.24, 2.45) is 0 Å². The third-order valence-corrected chi connectivity index (χ3v) is 5.89. The molecule has 0 saturated heterocycles. The van der Waals surface area contributed by atoms with Crippen LogP contribution >= 0.6 is 11.6 Å². The first kappa shape index (κ1) is 21.7. The fourth-order valence-corrected chi connectivity index (χ4v) is 3.83. The Bertz CT molecular complexity index is 1470. The largest absolute Gasteiger partial charge is 0.471 e. The Morgan fingerprint density at radius 3 is 2.79 bits per heavy atom. The van der Waals surface area contributed by atoms with E-state index >= 15 is 0 Å². The van der Waals surface area contributed by atoms with Crippen LogP contribution in [0, 0.1) is 6.92 Å². The Morgan fingerprint density at radius 2 is 1.91 bits per heavy atom. The van der Waals surface area contributed by atoms with Gasteiger partial charge >= 0.3 is 0 Å². The number of amides is 1. The summed E-state index contributed by atoms with van der Waals surface area (Å²) in [6, 6.07) is 21.5. The van der Waals surface area contributed by atoms with Gasteiger partial charge in [0.2, 0.25) is 0 Å². The van der Waals surface area contributed by atoms with Gasteiger partial charge in [0, 0.05) is 17.4 Å². The number of nitrogens with one attached hydrogen (secondary N) is 1. The summed E-state index contributed by atoms with van der Waals surface area (Å²) in [5.74, 6) is 0.368. The zero-order valence-corrected chi connectivity index (χ0v) is 19.2. The van der Waals surface area contributed by atoms with E-state index in [1.54, 1.807) is 40.0 Å². The van der Waals surface area contributed by atoms with Crippen LogP contribution in [0.25, 0.3) is 10.8 Å². The molecule has 0 aliphatic heterocycles. The molecular weight excluding hydrogens is 450 g/mol. The Morgan fingerprint density at radius 1 is 1.06 bits per heavy atom. The van der Waals surface area contributed by atoms with Gasteiger partial charge in [0.05, 0.1) is 18.4 Å². The van der Waals surface area contributed by atoms with Crippen molar-refractivity contribution >= 4 is 34.0 Å². The molecule has 0 aliphatic rings. The molecule has 2 aromatic heterocycles. The van der Waals surface area contributed by atoms with Crippen LogP contribution in [-0.2, 0) is 13.3 Å². The summed E-state index contributed by atoms with van der Waals surface area (Å²) in [4.78, 5) is 12.6. The predicted molar refractivity (Wildman–Crippen MR) is 132 cm³/mol. The Labute approximate surface area is 201 Å². The number of hydrogen-bond donors (Lipinski definition) is 1. The van der Waals surface area contributed by atoms with Crippen LogP contribution in [0.1, 0.15) is 21.6 Å². The lowest BCUT2D eigenvalue weighted by Crippen LogP contribution is -2.14. The van der Waals surface area contributed by atoms with Crippen LogP contribution in [0.2, 0.25) is 5.02 Å². The van der Waals surface area contributed by atoms with Crippen LogP contribution in [0.15, 0.2) is 85.3 Å². The average Bonchev–Trinajstić information content (AvgIpc) is 3.50. The first-order valence-electron chi connectivity index (χ1n) is 10.8. The minimum atomic E-state index is -0.314. The lowest BCUT2D eigenvalue weighted by atomic mass is 10.0. The van der Waals surface area contributed by atoms with Gasteiger partial charge < -0.3 is 10.1 Å². The topological polar surface area (TPSA) is 74.0 Å². The van der Waals surface area contributed by atoms with Crippen molar-refractivity contribution in [3.8, 4) is 5.75 Å². The van der Waals surface area contributed by atoms with Gasteiger partial charge in [0.15, 0.2) is 12.4 Å². The van der Waals surface area contributed by atoms with E-state index < -0.39 is 0 Å². The number of carbonyl (C=O) groups excluding carboxylic acids is 1. The highest BCUT2D eigenvalue weighted by Crippen LogP contribution is 2.22. The highest BCUT2D eigenvalue weighted by molar-refractivity contribution is 6.31. The fraction of sp³-hybridized carbons (Fsp3) is 0.115. The van der Waals surface area contributed by atoms with Gasteiger partial charge in [0.1, 0.15) is 5.75 Å². The summed E-state index contributed by atoms with van der Waals surface area (Å²) in [7, 11) is 0. The van der Waals surface area contributed by atoms with E-state index in [0.29, 0.717) is 23.0 Å². The number of ether oxygens (including phenoxy) is 1. The second-order valence-electron chi connectivity index (χ2n) is 7.94. The Kier molecular flexibility index (Phi) is 6.01. The third kappa shape index (κ3) is 4.79. The molecule has 3 aromatic carbocycles. The number of halogens is 1.